The van der Waals surface area contributed by atoms with E-state index in [1.807, 2.05) is 44.2 Å². The normalized spacial score (nSPS) is 11.7. The predicted molar refractivity (Wildman–Crippen MR) is 101 cm³/mol. The van der Waals surface area contributed by atoms with Gasteiger partial charge < -0.3 is 4.74 Å². The molecule has 122 valence electrons. The van der Waals surface area contributed by atoms with Crippen molar-refractivity contribution < 1.29 is 4.74 Å². The van der Waals surface area contributed by atoms with Gasteiger partial charge in [0.15, 0.2) is 0 Å². The summed E-state index contributed by atoms with van der Waals surface area (Å²) in [5.74, 6) is 0.875. The van der Waals surface area contributed by atoms with E-state index in [0.717, 1.165) is 52.0 Å². The zero-order valence-electron chi connectivity index (χ0n) is 13.7. The van der Waals surface area contributed by atoms with Crippen LogP contribution in [0, 0.1) is 0 Å². The lowest BCUT2D eigenvalue weighted by atomic mass is 10.00. The molecule has 0 heterocycles. The number of hydrogen-bond donors (Lipinski definition) is 0. The van der Waals surface area contributed by atoms with Crippen molar-refractivity contribution in [3.63, 3.8) is 0 Å². The van der Waals surface area contributed by atoms with E-state index in [9.17, 15) is 0 Å². The van der Waals surface area contributed by atoms with Gasteiger partial charge in [-0.25, -0.2) is 0 Å². The Balaban J connectivity index is 1.99. The summed E-state index contributed by atoms with van der Waals surface area (Å²) in [6, 6.07) is 9.97. The molecule has 0 amide bonds. The van der Waals surface area contributed by atoms with Gasteiger partial charge in [-0.05, 0) is 61.8 Å². The highest BCUT2D eigenvalue weighted by Gasteiger charge is 2.09. The standard InChI is InChI=1S/C20H22Cl2O/c1-4-20(14(2)3)23-12-8-7-11-17-15-9-5-6-10-16(15)18(21)13-19(17)22/h4-6,9-10,13H,2,7-8,11-12H2,1,3H3. The molecule has 0 unspecified atom stereocenters. The number of ether oxygens (including phenoxy) is 1. The second-order valence-corrected chi connectivity index (χ2v) is 6.42. The molecular weight excluding hydrogens is 327 g/mol. The van der Waals surface area contributed by atoms with Crippen LogP contribution >= 0.6 is 23.2 Å². The Hall–Kier alpha value is -1.44. The van der Waals surface area contributed by atoms with Gasteiger partial charge >= 0.3 is 0 Å². The second-order valence-electron chi connectivity index (χ2n) is 5.60. The van der Waals surface area contributed by atoms with Gasteiger partial charge in [-0.1, -0.05) is 54.0 Å². The van der Waals surface area contributed by atoms with E-state index in [1.54, 1.807) is 0 Å². The van der Waals surface area contributed by atoms with Crippen LogP contribution in [0.4, 0.5) is 0 Å². The minimum atomic E-state index is 0.690. The van der Waals surface area contributed by atoms with Crippen LogP contribution in [-0.2, 0) is 11.2 Å². The zero-order valence-corrected chi connectivity index (χ0v) is 15.2. The Labute approximate surface area is 148 Å². The first-order valence-electron chi connectivity index (χ1n) is 7.85. The molecule has 2 aromatic carbocycles. The highest BCUT2D eigenvalue weighted by atomic mass is 35.5. The first-order valence-corrected chi connectivity index (χ1v) is 8.60. The van der Waals surface area contributed by atoms with E-state index in [-0.39, 0.29) is 0 Å². The van der Waals surface area contributed by atoms with E-state index in [0.29, 0.717) is 11.6 Å². The molecule has 2 rings (SSSR count). The van der Waals surface area contributed by atoms with Crippen molar-refractivity contribution in [1.82, 2.24) is 0 Å². The molecule has 0 fully saturated rings. The summed E-state index contributed by atoms with van der Waals surface area (Å²) in [6.07, 6.45) is 4.85. The highest BCUT2D eigenvalue weighted by Crippen LogP contribution is 2.33. The molecule has 0 aliphatic rings. The number of fused-ring (bicyclic) bond motifs is 1. The van der Waals surface area contributed by atoms with Gasteiger partial charge in [0.1, 0.15) is 5.76 Å². The van der Waals surface area contributed by atoms with Crippen molar-refractivity contribution in [2.45, 2.75) is 33.1 Å². The molecule has 0 atom stereocenters. The quantitative estimate of drug-likeness (QED) is 0.298. The molecule has 23 heavy (non-hydrogen) atoms. The molecule has 3 heteroatoms. The van der Waals surface area contributed by atoms with Gasteiger partial charge in [-0.15, -0.1) is 0 Å². The van der Waals surface area contributed by atoms with E-state index in [2.05, 4.69) is 12.6 Å². The largest absolute Gasteiger partial charge is 0.494 e. The summed E-state index contributed by atoms with van der Waals surface area (Å²) in [6.45, 7) is 8.51. The SMILES string of the molecule is C=C(C)C(=CC)OCCCCc1c(Cl)cc(Cl)c2ccccc12. The van der Waals surface area contributed by atoms with Crippen LogP contribution in [0.15, 0.2) is 54.3 Å². The Morgan fingerprint density at radius 1 is 1.13 bits per heavy atom. The van der Waals surface area contributed by atoms with Crippen molar-refractivity contribution in [2.75, 3.05) is 6.61 Å². The number of halogens is 2. The fourth-order valence-corrected chi connectivity index (χ4v) is 3.29. The van der Waals surface area contributed by atoms with Crippen molar-refractivity contribution in [3.8, 4) is 0 Å². The van der Waals surface area contributed by atoms with Gasteiger partial charge in [0, 0.05) is 15.4 Å². The van der Waals surface area contributed by atoms with Gasteiger partial charge in [0.2, 0.25) is 0 Å². The average Bonchev–Trinajstić information content (AvgIpc) is 2.53. The Morgan fingerprint density at radius 3 is 2.48 bits per heavy atom. The summed E-state index contributed by atoms with van der Waals surface area (Å²) in [4.78, 5) is 0. The number of allylic oxidation sites excluding steroid dienone is 2. The third-order valence-corrected chi connectivity index (χ3v) is 4.46. The molecule has 2 aromatic rings. The molecule has 0 saturated carbocycles. The third kappa shape index (κ3) is 4.53. The van der Waals surface area contributed by atoms with Crippen molar-refractivity contribution in [2.24, 2.45) is 0 Å². The van der Waals surface area contributed by atoms with Gasteiger partial charge in [-0.3, -0.25) is 0 Å². The molecule has 0 N–H and O–H groups in total. The highest BCUT2D eigenvalue weighted by molar-refractivity contribution is 6.39. The van der Waals surface area contributed by atoms with Crippen molar-refractivity contribution in [1.29, 1.82) is 0 Å². The minimum Gasteiger partial charge on any atom is -0.494 e. The van der Waals surface area contributed by atoms with Crippen molar-refractivity contribution in [3.05, 3.63) is 69.9 Å². The molecule has 0 aliphatic carbocycles. The van der Waals surface area contributed by atoms with Crippen LogP contribution in [0.1, 0.15) is 32.3 Å². The first-order chi connectivity index (χ1) is 11.0. The van der Waals surface area contributed by atoms with Gasteiger partial charge in [-0.2, -0.15) is 0 Å². The monoisotopic (exact) mass is 348 g/mol. The molecule has 0 bridgehead atoms. The van der Waals surface area contributed by atoms with Gasteiger partial charge in [0.05, 0.1) is 6.61 Å². The summed E-state index contributed by atoms with van der Waals surface area (Å²) < 4.78 is 5.73. The fraction of sp³-hybridized carbons (Fsp3) is 0.300. The van der Waals surface area contributed by atoms with Crippen molar-refractivity contribution >= 4 is 34.0 Å². The molecule has 0 aromatic heterocycles. The number of benzene rings is 2. The van der Waals surface area contributed by atoms with Crippen LogP contribution in [0.2, 0.25) is 10.0 Å². The summed E-state index contributed by atoms with van der Waals surface area (Å²) >= 11 is 12.7. The molecule has 0 radical (unpaired) electrons. The van der Waals surface area contributed by atoms with Crippen LogP contribution in [-0.4, -0.2) is 6.61 Å². The Kier molecular flexibility index (Phi) is 6.56. The number of hydrogen-bond acceptors (Lipinski definition) is 1. The van der Waals surface area contributed by atoms with Crippen LogP contribution in [0.3, 0.4) is 0 Å². The maximum atomic E-state index is 6.40. The fourth-order valence-electron chi connectivity index (χ4n) is 2.65. The van der Waals surface area contributed by atoms with E-state index in [1.165, 1.54) is 0 Å². The van der Waals surface area contributed by atoms with Crippen LogP contribution < -0.4 is 0 Å². The minimum absolute atomic E-state index is 0.690. The van der Waals surface area contributed by atoms with E-state index in [4.69, 9.17) is 27.9 Å². The van der Waals surface area contributed by atoms with E-state index >= 15 is 0 Å². The van der Waals surface area contributed by atoms with Gasteiger partial charge in [0.25, 0.3) is 0 Å². The summed E-state index contributed by atoms with van der Waals surface area (Å²) in [7, 11) is 0. The topological polar surface area (TPSA) is 9.23 Å². The molecule has 0 saturated heterocycles. The average molecular weight is 349 g/mol. The number of aryl methyl sites for hydroxylation is 1. The summed E-state index contributed by atoms with van der Waals surface area (Å²) in [5, 5.41) is 3.65. The lowest BCUT2D eigenvalue weighted by molar-refractivity contribution is 0.213. The molecular formula is C20H22Cl2O. The maximum absolute atomic E-state index is 6.40. The molecule has 0 spiro atoms. The smallest absolute Gasteiger partial charge is 0.117 e. The van der Waals surface area contributed by atoms with Crippen LogP contribution in [0.25, 0.3) is 10.8 Å². The summed E-state index contributed by atoms with van der Waals surface area (Å²) in [5.41, 5.74) is 2.12. The lowest BCUT2D eigenvalue weighted by Crippen LogP contribution is -1.98. The Morgan fingerprint density at radius 2 is 1.83 bits per heavy atom. The third-order valence-electron chi connectivity index (χ3n) is 3.81. The lowest BCUT2D eigenvalue weighted by Gasteiger charge is -2.12. The Bertz CT molecular complexity index is 732. The second kappa shape index (κ2) is 8.42. The van der Waals surface area contributed by atoms with E-state index < -0.39 is 0 Å². The van der Waals surface area contributed by atoms with Crippen LogP contribution in [0.5, 0.6) is 0 Å². The zero-order chi connectivity index (χ0) is 16.8. The number of rotatable bonds is 7. The maximum Gasteiger partial charge on any atom is 0.117 e. The molecule has 0 aliphatic heterocycles. The molecule has 1 nitrogen and oxygen atoms in total. The predicted octanol–water partition coefficient (Wildman–Crippen LogP) is 6.97. The first kappa shape index (κ1) is 17.9. The number of unbranched alkanes of at least 4 members (excludes halogenated alkanes) is 1.